The number of carbonyl (C=O) groups excluding carboxylic acids is 4. The third-order valence-corrected chi connectivity index (χ3v) is 3.35. The van der Waals surface area contributed by atoms with Gasteiger partial charge in [0.15, 0.2) is 17.6 Å². The molecule has 8 heteroatoms. The van der Waals surface area contributed by atoms with Crippen molar-refractivity contribution < 1.29 is 28.3 Å². The standard InChI is InChI=1S/C18H18N2O6/c1-11(21)13-5-3-6-14(9-13)20-17(23)12(2)26-16(22)10-19-18(24)15-7-4-8-25-15/h3-9,12H,10H2,1-2H3,(H,19,24)(H,20,23)/t12-/m1/s1. The lowest BCUT2D eigenvalue weighted by Crippen LogP contribution is -2.35. The van der Waals surface area contributed by atoms with Crippen molar-refractivity contribution in [2.24, 2.45) is 0 Å². The van der Waals surface area contributed by atoms with E-state index in [1.54, 1.807) is 24.3 Å². The quantitative estimate of drug-likeness (QED) is 0.576. The topological polar surface area (TPSA) is 115 Å². The van der Waals surface area contributed by atoms with Gasteiger partial charge in [0.05, 0.1) is 6.26 Å². The highest BCUT2D eigenvalue weighted by Gasteiger charge is 2.19. The van der Waals surface area contributed by atoms with Crippen molar-refractivity contribution in [3.05, 3.63) is 54.0 Å². The first-order valence-electron chi connectivity index (χ1n) is 7.80. The normalized spacial score (nSPS) is 11.3. The van der Waals surface area contributed by atoms with Crippen LogP contribution in [0.1, 0.15) is 34.8 Å². The van der Waals surface area contributed by atoms with E-state index < -0.39 is 30.4 Å². The summed E-state index contributed by atoms with van der Waals surface area (Å²) in [7, 11) is 0. The Morgan fingerprint density at radius 1 is 1.15 bits per heavy atom. The van der Waals surface area contributed by atoms with Gasteiger partial charge in [-0.1, -0.05) is 12.1 Å². The molecular weight excluding hydrogens is 340 g/mol. The van der Waals surface area contributed by atoms with E-state index in [-0.39, 0.29) is 11.5 Å². The Morgan fingerprint density at radius 2 is 1.92 bits per heavy atom. The van der Waals surface area contributed by atoms with Crippen molar-refractivity contribution in [2.45, 2.75) is 20.0 Å². The van der Waals surface area contributed by atoms with Crippen molar-refractivity contribution in [2.75, 3.05) is 11.9 Å². The summed E-state index contributed by atoms with van der Waals surface area (Å²) in [6, 6.07) is 9.39. The molecule has 0 spiro atoms. The summed E-state index contributed by atoms with van der Waals surface area (Å²) in [5.74, 6) is -1.96. The molecule has 2 amide bonds. The molecule has 26 heavy (non-hydrogen) atoms. The maximum Gasteiger partial charge on any atom is 0.326 e. The Bertz CT molecular complexity index is 813. The van der Waals surface area contributed by atoms with Crippen molar-refractivity contribution >= 4 is 29.3 Å². The van der Waals surface area contributed by atoms with Gasteiger partial charge in [0.2, 0.25) is 0 Å². The van der Waals surface area contributed by atoms with Crippen LogP contribution in [0, 0.1) is 0 Å². The molecule has 0 saturated heterocycles. The van der Waals surface area contributed by atoms with Gasteiger partial charge in [0.1, 0.15) is 6.54 Å². The molecule has 136 valence electrons. The van der Waals surface area contributed by atoms with Crippen molar-refractivity contribution in [3.63, 3.8) is 0 Å². The minimum atomic E-state index is -1.08. The average Bonchev–Trinajstić information content (AvgIpc) is 3.14. The van der Waals surface area contributed by atoms with Gasteiger partial charge in [-0.05, 0) is 38.1 Å². The summed E-state index contributed by atoms with van der Waals surface area (Å²) in [6.07, 6.45) is 0.254. The van der Waals surface area contributed by atoms with Crippen LogP contribution in [0.2, 0.25) is 0 Å². The molecule has 1 aromatic heterocycles. The first kappa shape index (κ1) is 18.9. The van der Waals surface area contributed by atoms with Crippen molar-refractivity contribution in [1.29, 1.82) is 0 Å². The number of rotatable bonds is 7. The molecule has 0 saturated carbocycles. The second-order valence-electron chi connectivity index (χ2n) is 5.42. The number of ether oxygens (including phenoxy) is 1. The summed E-state index contributed by atoms with van der Waals surface area (Å²) in [6.45, 7) is 2.41. The van der Waals surface area contributed by atoms with Gasteiger partial charge in [-0.2, -0.15) is 0 Å². The van der Waals surface area contributed by atoms with Crippen LogP contribution in [-0.4, -0.2) is 36.2 Å². The fourth-order valence-corrected chi connectivity index (χ4v) is 2.00. The average molecular weight is 358 g/mol. The summed E-state index contributed by atoms with van der Waals surface area (Å²) in [4.78, 5) is 46.8. The first-order valence-corrected chi connectivity index (χ1v) is 7.80. The number of nitrogens with one attached hydrogen (secondary N) is 2. The second kappa shape index (κ2) is 8.61. The highest BCUT2D eigenvalue weighted by molar-refractivity contribution is 5.99. The van der Waals surface area contributed by atoms with Crippen LogP contribution in [0.25, 0.3) is 0 Å². The number of anilines is 1. The number of furan rings is 1. The van der Waals surface area contributed by atoms with Crippen LogP contribution in [0.15, 0.2) is 47.1 Å². The van der Waals surface area contributed by atoms with E-state index in [1.807, 2.05) is 0 Å². The highest BCUT2D eigenvalue weighted by Crippen LogP contribution is 2.12. The van der Waals surface area contributed by atoms with Gasteiger partial charge in [-0.25, -0.2) is 0 Å². The van der Waals surface area contributed by atoms with E-state index in [1.165, 1.54) is 32.2 Å². The maximum absolute atomic E-state index is 12.1. The number of hydrogen-bond acceptors (Lipinski definition) is 6. The fourth-order valence-electron chi connectivity index (χ4n) is 2.00. The lowest BCUT2D eigenvalue weighted by Gasteiger charge is -2.14. The van der Waals surface area contributed by atoms with Crippen LogP contribution < -0.4 is 10.6 Å². The van der Waals surface area contributed by atoms with Gasteiger partial charge in [0, 0.05) is 11.3 Å². The number of benzene rings is 1. The minimum absolute atomic E-state index is 0.0638. The zero-order valence-corrected chi connectivity index (χ0v) is 14.3. The predicted octanol–water partition coefficient (Wildman–Crippen LogP) is 1.78. The highest BCUT2D eigenvalue weighted by atomic mass is 16.5. The van der Waals surface area contributed by atoms with Crippen LogP contribution in [-0.2, 0) is 14.3 Å². The van der Waals surface area contributed by atoms with Crippen LogP contribution in [0.3, 0.4) is 0 Å². The summed E-state index contributed by atoms with van der Waals surface area (Å²) >= 11 is 0. The molecule has 0 unspecified atom stereocenters. The van der Waals surface area contributed by atoms with Crippen LogP contribution >= 0.6 is 0 Å². The first-order chi connectivity index (χ1) is 12.4. The van der Waals surface area contributed by atoms with E-state index in [0.29, 0.717) is 11.3 Å². The molecule has 1 aromatic carbocycles. The lowest BCUT2D eigenvalue weighted by molar-refractivity contribution is -0.152. The largest absolute Gasteiger partial charge is 0.459 e. The van der Waals surface area contributed by atoms with E-state index in [2.05, 4.69) is 10.6 Å². The smallest absolute Gasteiger partial charge is 0.326 e. The molecule has 8 nitrogen and oxygen atoms in total. The number of ketones is 1. The SMILES string of the molecule is CC(=O)c1cccc(NC(=O)[C@@H](C)OC(=O)CNC(=O)c2ccco2)c1. The summed E-state index contributed by atoms with van der Waals surface area (Å²) in [5.41, 5.74) is 0.866. The number of amides is 2. The van der Waals surface area contributed by atoms with E-state index in [9.17, 15) is 19.2 Å². The molecule has 0 radical (unpaired) electrons. The molecule has 0 aliphatic rings. The molecule has 0 bridgehead atoms. The zero-order valence-electron chi connectivity index (χ0n) is 14.3. The lowest BCUT2D eigenvalue weighted by atomic mass is 10.1. The van der Waals surface area contributed by atoms with E-state index in [4.69, 9.17) is 9.15 Å². The van der Waals surface area contributed by atoms with Gasteiger partial charge >= 0.3 is 5.97 Å². The molecule has 2 rings (SSSR count). The Morgan fingerprint density at radius 3 is 2.58 bits per heavy atom. The second-order valence-corrected chi connectivity index (χ2v) is 5.42. The molecule has 0 aliphatic carbocycles. The number of hydrogen-bond donors (Lipinski definition) is 2. The number of esters is 1. The molecule has 2 N–H and O–H groups in total. The molecule has 0 fully saturated rings. The zero-order chi connectivity index (χ0) is 19.1. The minimum Gasteiger partial charge on any atom is -0.459 e. The van der Waals surface area contributed by atoms with E-state index in [0.717, 1.165) is 0 Å². The molecule has 2 aromatic rings. The van der Waals surface area contributed by atoms with Crippen molar-refractivity contribution in [1.82, 2.24) is 5.32 Å². The third-order valence-electron chi connectivity index (χ3n) is 3.35. The van der Waals surface area contributed by atoms with E-state index >= 15 is 0 Å². The van der Waals surface area contributed by atoms with Crippen LogP contribution in [0.5, 0.6) is 0 Å². The predicted molar refractivity (Wildman–Crippen MR) is 91.7 cm³/mol. The van der Waals surface area contributed by atoms with Gasteiger partial charge in [-0.3, -0.25) is 19.2 Å². The Hall–Kier alpha value is -3.42. The van der Waals surface area contributed by atoms with Gasteiger partial charge in [-0.15, -0.1) is 0 Å². The Kier molecular flexibility index (Phi) is 6.26. The Labute approximate surface area is 149 Å². The maximum atomic E-state index is 12.1. The molecule has 1 heterocycles. The number of carbonyl (C=O) groups is 4. The van der Waals surface area contributed by atoms with Gasteiger partial charge in [0.25, 0.3) is 11.8 Å². The summed E-state index contributed by atoms with van der Waals surface area (Å²) in [5, 5.41) is 4.88. The van der Waals surface area contributed by atoms with Crippen LogP contribution in [0.4, 0.5) is 5.69 Å². The Balaban J connectivity index is 1.82. The van der Waals surface area contributed by atoms with Gasteiger partial charge < -0.3 is 19.8 Å². The number of Topliss-reactive ketones (excluding diaryl/α,β-unsaturated/α-hetero) is 1. The fraction of sp³-hybridized carbons (Fsp3) is 0.222. The molecule has 0 aliphatic heterocycles. The molecular formula is C18H18N2O6. The van der Waals surface area contributed by atoms with Crippen molar-refractivity contribution in [3.8, 4) is 0 Å². The summed E-state index contributed by atoms with van der Waals surface area (Å²) < 4.78 is 9.85. The molecule has 1 atom stereocenters. The monoisotopic (exact) mass is 358 g/mol. The third kappa shape index (κ3) is 5.30.